The topological polar surface area (TPSA) is 68.1 Å². The minimum Gasteiger partial charge on any atom is -0.247 e. The zero-order valence-electron chi connectivity index (χ0n) is 11.2. The first-order chi connectivity index (χ1) is 9.10. The van der Waals surface area contributed by atoms with Crippen LogP contribution in [0.3, 0.4) is 0 Å². The van der Waals surface area contributed by atoms with E-state index in [2.05, 4.69) is 10.3 Å². The Hall–Kier alpha value is -0.950. The number of aromatic nitrogens is 3. The average Bonchev–Trinajstić information content (AvgIpc) is 3.05. The molecule has 106 valence electrons. The first-order valence-electron chi connectivity index (χ1n) is 6.99. The lowest BCUT2D eigenvalue weighted by atomic mass is 10.2. The molecule has 1 aliphatic heterocycles. The minimum absolute atomic E-state index is 0.163. The lowest BCUT2D eigenvalue weighted by Gasteiger charge is -2.37. The van der Waals surface area contributed by atoms with E-state index in [1.807, 2.05) is 17.8 Å². The molecule has 3 rings (SSSR count). The highest BCUT2D eigenvalue weighted by molar-refractivity contribution is 7.89. The van der Waals surface area contributed by atoms with E-state index in [1.54, 1.807) is 4.31 Å². The van der Waals surface area contributed by atoms with Crippen LogP contribution in [0.5, 0.6) is 0 Å². The molecule has 1 aliphatic carbocycles. The fraction of sp³-hybridized carbons (Fsp3) is 0.833. The molecule has 0 atom stereocenters. The zero-order chi connectivity index (χ0) is 13.5. The van der Waals surface area contributed by atoms with Crippen LogP contribution in [0.15, 0.2) is 6.20 Å². The molecule has 0 amide bonds. The Balaban J connectivity index is 1.56. The summed E-state index contributed by atoms with van der Waals surface area (Å²) >= 11 is 0. The Morgan fingerprint density at radius 1 is 1.37 bits per heavy atom. The van der Waals surface area contributed by atoms with E-state index in [9.17, 15) is 8.42 Å². The summed E-state index contributed by atoms with van der Waals surface area (Å²) in [7, 11) is -3.05. The van der Waals surface area contributed by atoms with Crippen LogP contribution in [-0.4, -0.2) is 46.6 Å². The van der Waals surface area contributed by atoms with Gasteiger partial charge < -0.3 is 0 Å². The summed E-state index contributed by atoms with van der Waals surface area (Å²) in [5.74, 6) is 0.860. The van der Waals surface area contributed by atoms with Crippen molar-refractivity contribution >= 4 is 10.0 Å². The van der Waals surface area contributed by atoms with Gasteiger partial charge in [-0.2, -0.15) is 4.31 Å². The van der Waals surface area contributed by atoms with Gasteiger partial charge in [0.1, 0.15) is 0 Å². The van der Waals surface area contributed by atoms with Crippen LogP contribution < -0.4 is 0 Å². The second-order valence-electron chi connectivity index (χ2n) is 5.54. The fourth-order valence-corrected chi connectivity index (χ4v) is 4.01. The number of nitrogens with zero attached hydrogens (tertiary/aromatic N) is 4. The number of unbranched alkanes of at least 4 members (excludes halogenated alkanes) is 1. The molecule has 2 fully saturated rings. The van der Waals surface area contributed by atoms with Crippen molar-refractivity contribution < 1.29 is 8.42 Å². The lowest BCUT2D eigenvalue weighted by Crippen LogP contribution is -2.51. The van der Waals surface area contributed by atoms with Gasteiger partial charge in [-0.3, -0.25) is 0 Å². The standard InChI is InChI=1S/C12H20N4O2S/c1-2-3-6-19(17,18)15-7-11(8-15)16-9-12(13-14-16)10-4-5-10/h9-11H,2-8H2,1H3. The van der Waals surface area contributed by atoms with Crippen LogP contribution in [0.1, 0.15) is 50.3 Å². The van der Waals surface area contributed by atoms with Gasteiger partial charge in [-0.15, -0.1) is 5.10 Å². The molecule has 2 heterocycles. The molecule has 1 aromatic rings. The molecule has 0 unspecified atom stereocenters. The van der Waals surface area contributed by atoms with Gasteiger partial charge in [-0.05, 0) is 19.3 Å². The SMILES string of the molecule is CCCCS(=O)(=O)N1CC(n2cc(C3CC3)nn2)C1. The highest BCUT2D eigenvalue weighted by atomic mass is 32.2. The van der Waals surface area contributed by atoms with Gasteiger partial charge in [0, 0.05) is 25.2 Å². The van der Waals surface area contributed by atoms with Gasteiger partial charge in [0.2, 0.25) is 10.0 Å². The Morgan fingerprint density at radius 3 is 2.74 bits per heavy atom. The van der Waals surface area contributed by atoms with Crippen LogP contribution in [-0.2, 0) is 10.0 Å². The first kappa shape index (κ1) is 13.1. The Kier molecular flexibility index (Phi) is 3.34. The molecule has 0 N–H and O–H groups in total. The number of hydrogen-bond acceptors (Lipinski definition) is 4. The van der Waals surface area contributed by atoms with E-state index in [0.29, 0.717) is 19.0 Å². The minimum atomic E-state index is -3.05. The summed E-state index contributed by atoms with van der Waals surface area (Å²) in [6.45, 7) is 3.09. The fourth-order valence-electron chi connectivity index (χ4n) is 2.30. The largest absolute Gasteiger partial charge is 0.247 e. The molecule has 0 aromatic carbocycles. The van der Waals surface area contributed by atoms with Crippen LogP contribution in [0.25, 0.3) is 0 Å². The average molecular weight is 284 g/mol. The monoisotopic (exact) mass is 284 g/mol. The van der Waals surface area contributed by atoms with Crippen molar-refractivity contribution in [2.24, 2.45) is 0 Å². The van der Waals surface area contributed by atoms with Gasteiger partial charge in [0.15, 0.2) is 0 Å². The molecule has 1 saturated heterocycles. The van der Waals surface area contributed by atoms with E-state index in [-0.39, 0.29) is 11.8 Å². The number of sulfonamides is 1. The molecular weight excluding hydrogens is 264 g/mol. The first-order valence-corrected chi connectivity index (χ1v) is 8.60. The highest BCUT2D eigenvalue weighted by Gasteiger charge is 2.37. The summed E-state index contributed by atoms with van der Waals surface area (Å²) in [4.78, 5) is 0. The maximum absolute atomic E-state index is 12.0. The summed E-state index contributed by atoms with van der Waals surface area (Å²) < 4.78 is 27.3. The molecule has 1 saturated carbocycles. The quantitative estimate of drug-likeness (QED) is 0.785. The molecule has 0 radical (unpaired) electrons. The second kappa shape index (κ2) is 4.86. The Labute approximate surface area is 113 Å². The molecule has 0 bridgehead atoms. The molecule has 1 aromatic heterocycles. The molecule has 19 heavy (non-hydrogen) atoms. The molecule has 2 aliphatic rings. The summed E-state index contributed by atoms with van der Waals surface area (Å²) in [6, 6.07) is 0.163. The summed E-state index contributed by atoms with van der Waals surface area (Å²) in [6.07, 6.45) is 6.04. The predicted octanol–water partition coefficient (Wildman–Crippen LogP) is 1.14. The van der Waals surface area contributed by atoms with E-state index in [0.717, 1.165) is 18.5 Å². The van der Waals surface area contributed by atoms with Crippen molar-refractivity contribution in [3.63, 3.8) is 0 Å². The van der Waals surface area contributed by atoms with Crippen LogP contribution in [0.4, 0.5) is 0 Å². The number of hydrogen-bond donors (Lipinski definition) is 0. The third kappa shape index (κ3) is 2.67. The summed E-state index contributed by atoms with van der Waals surface area (Å²) in [5, 5.41) is 8.29. The normalized spacial score (nSPS) is 21.5. The predicted molar refractivity (Wildman–Crippen MR) is 71.3 cm³/mol. The third-order valence-electron chi connectivity index (χ3n) is 3.88. The van der Waals surface area contributed by atoms with Crippen LogP contribution in [0, 0.1) is 0 Å². The summed E-state index contributed by atoms with van der Waals surface area (Å²) in [5.41, 5.74) is 1.06. The molecule has 7 heteroatoms. The smallest absolute Gasteiger partial charge is 0.214 e. The highest BCUT2D eigenvalue weighted by Crippen LogP contribution is 2.39. The Morgan fingerprint density at radius 2 is 2.11 bits per heavy atom. The van der Waals surface area contributed by atoms with E-state index >= 15 is 0 Å². The third-order valence-corrected chi connectivity index (χ3v) is 5.77. The van der Waals surface area contributed by atoms with Gasteiger partial charge in [-0.25, -0.2) is 13.1 Å². The number of rotatable bonds is 6. The maximum atomic E-state index is 12.0. The van der Waals surface area contributed by atoms with Crippen molar-refractivity contribution in [2.75, 3.05) is 18.8 Å². The van der Waals surface area contributed by atoms with Crippen molar-refractivity contribution in [1.29, 1.82) is 0 Å². The van der Waals surface area contributed by atoms with Gasteiger partial charge in [0.05, 0.1) is 17.5 Å². The van der Waals surface area contributed by atoms with E-state index in [4.69, 9.17) is 0 Å². The van der Waals surface area contributed by atoms with Crippen molar-refractivity contribution in [3.8, 4) is 0 Å². The molecule has 0 spiro atoms. The van der Waals surface area contributed by atoms with Crippen LogP contribution in [0.2, 0.25) is 0 Å². The van der Waals surface area contributed by atoms with Gasteiger partial charge in [0.25, 0.3) is 0 Å². The van der Waals surface area contributed by atoms with Gasteiger partial charge >= 0.3 is 0 Å². The van der Waals surface area contributed by atoms with Crippen molar-refractivity contribution in [2.45, 2.75) is 44.6 Å². The molecular formula is C12H20N4O2S. The van der Waals surface area contributed by atoms with E-state index in [1.165, 1.54) is 12.8 Å². The van der Waals surface area contributed by atoms with E-state index < -0.39 is 10.0 Å². The lowest BCUT2D eigenvalue weighted by molar-refractivity contribution is 0.188. The van der Waals surface area contributed by atoms with Crippen molar-refractivity contribution in [1.82, 2.24) is 19.3 Å². The maximum Gasteiger partial charge on any atom is 0.214 e. The second-order valence-corrected chi connectivity index (χ2v) is 7.63. The van der Waals surface area contributed by atoms with Crippen molar-refractivity contribution in [3.05, 3.63) is 11.9 Å². The molecule has 6 nitrogen and oxygen atoms in total. The van der Waals surface area contributed by atoms with Gasteiger partial charge in [-0.1, -0.05) is 18.6 Å². The van der Waals surface area contributed by atoms with Crippen LogP contribution >= 0.6 is 0 Å². The Bertz CT molecular complexity index is 544. The zero-order valence-corrected chi connectivity index (χ0v) is 12.0.